The van der Waals surface area contributed by atoms with Gasteiger partial charge in [-0.3, -0.25) is 9.59 Å². The highest BCUT2D eigenvalue weighted by molar-refractivity contribution is 6.31. The van der Waals surface area contributed by atoms with Crippen LogP contribution in [0.2, 0.25) is 5.02 Å². The average Bonchev–Trinajstić information content (AvgIpc) is 2.89. The van der Waals surface area contributed by atoms with Crippen LogP contribution in [0, 0.1) is 5.82 Å². The second-order valence-electron chi connectivity index (χ2n) is 8.49. The number of aromatic amines is 1. The Morgan fingerprint density at radius 3 is 2.22 bits per heavy atom. The van der Waals surface area contributed by atoms with E-state index in [-0.39, 0.29) is 17.2 Å². The largest absolute Gasteiger partial charge is 0.321 e. The van der Waals surface area contributed by atoms with Gasteiger partial charge in [-0.05, 0) is 70.6 Å². The lowest BCUT2D eigenvalue weighted by atomic mass is 9.94. The van der Waals surface area contributed by atoms with Gasteiger partial charge in [0.15, 0.2) is 5.78 Å². The van der Waals surface area contributed by atoms with E-state index in [4.69, 9.17) is 11.6 Å². The van der Waals surface area contributed by atoms with Crippen LogP contribution in [-0.4, -0.2) is 10.8 Å². The third kappa shape index (κ3) is 5.04. The summed E-state index contributed by atoms with van der Waals surface area (Å²) in [6.07, 6.45) is 3.52. The molecule has 0 bridgehead atoms. The lowest BCUT2D eigenvalue weighted by Crippen LogP contribution is -2.20. The van der Waals surface area contributed by atoms with Gasteiger partial charge >= 0.3 is 0 Å². The van der Waals surface area contributed by atoms with Gasteiger partial charge in [0.05, 0.1) is 5.56 Å². The van der Waals surface area contributed by atoms with Crippen molar-refractivity contribution in [2.45, 2.75) is 6.42 Å². The third-order valence-electron chi connectivity index (χ3n) is 6.07. The van der Waals surface area contributed by atoms with Crippen LogP contribution in [-0.2, 0) is 6.42 Å². The predicted octanol–water partition coefficient (Wildman–Crippen LogP) is 7.47. The highest BCUT2D eigenvalue weighted by Gasteiger charge is 2.18. The molecule has 1 heterocycles. The van der Waals surface area contributed by atoms with Gasteiger partial charge in [-0.2, -0.15) is 0 Å². The number of ketones is 1. The Morgan fingerprint density at radius 2 is 1.53 bits per heavy atom. The van der Waals surface area contributed by atoms with Crippen molar-refractivity contribution >= 4 is 34.4 Å². The van der Waals surface area contributed by atoms with Crippen LogP contribution in [0.3, 0.4) is 0 Å². The van der Waals surface area contributed by atoms with Gasteiger partial charge < -0.3 is 4.98 Å². The van der Waals surface area contributed by atoms with Crippen molar-refractivity contribution < 1.29 is 9.18 Å². The van der Waals surface area contributed by atoms with Gasteiger partial charge in [-0.25, -0.2) is 4.39 Å². The van der Waals surface area contributed by atoms with Crippen molar-refractivity contribution in [2.24, 2.45) is 0 Å². The fraction of sp³-hybridized carbons (Fsp3) is 0.0323. The van der Waals surface area contributed by atoms with E-state index in [1.165, 1.54) is 18.2 Å². The summed E-state index contributed by atoms with van der Waals surface area (Å²) in [5.74, 6) is -0.666. The molecule has 0 saturated carbocycles. The minimum atomic E-state index is -0.433. The normalized spacial score (nSPS) is 11.3. The summed E-state index contributed by atoms with van der Waals surface area (Å²) in [4.78, 5) is 29.2. The molecule has 5 heteroatoms. The summed E-state index contributed by atoms with van der Waals surface area (Å²) in [6, 6.07) is 28.8. The molecule has 5 rings (SSSR count). The van der Waals surface area contributed by atoms with E-state index >= 15 is 0 Å². The first kappa shape index (κ1) is 23.5. The van der Waals surface area contributed by atoms with Gasteiger partial charge in [0.1, 0.15) is 5.82 Å². The molecule has 0 aliphatic carbocycles. The van der Waals surface area contributed by atoms with Gasteiger partial charge in [0.2, 0.25) is 0 Å². The lowest BCUT2D eigenvalue weighted by molar-refractivity contribution is 0.104. The van der Waals surface area contributed by atoms with Crippen LogP contribution in [0.5, 0.6) is 0 Å². The number of aromatic nitrogens is 1. The Morgan fingerprint density at radius 1 is 0.861 bits per heavy atom. The number of H-pyrrole nitrogens is 1. The van der Waals surface area contributed by atoms with E-state index in [0.717, 1.165) is 27.6 Å². The number of carbonyl (C=O) groups is 1. The summed E-state index contributed by atoms with van der Waals surface area (Å²) in [5, 5.41) is 1.27. The molecule has 5 aromatic rings. The number of rotatable bonds is 6. The van der Waals surface area contributed by atoms with Crippen LogP contribution in [0.25, 0.3) is 28.1 Å². The number of fused-ring (bicyclic) bond motifs is 1. The van der Waals surface area contributed by atoms with E-state index in [2.05, 4.69) is 4.98 Å². The molecule has 0 fully saturated rings. The van der Waals surface area contributed by atoms with Crippen LogP contribution < -0.4 is 5.56 Å². The minimum absolute atomic E-state index is 0.104. The van der Waals surface area contributed by atoms with Gasteiger partial charge in [-0.1, -0.05) is 84.4 Å². The van der Waals surface area contributed by atoms with Crippen LogP contribution in [0.15, 0.2) is 108 Å². The zero-order valence-electron chi connectivity index (χ0n) is 19.2. The number of nitrogens with one attached hydrogen (secondary N) is 1. The molecule has 0 spiro atoms. The quantitative estimate of drug-likeness (QED) is 0.197. The van der Waals surface area contributed by atoms with E-state index in [0.29, 0.717) is 22.5 Å². The molecule has 0 atom stereocenters. The van der Waals surface area contributed by atoms with Crippen LogP contribution in [0.4, 0.5) is 4.39 Å². The topological polar surface area (TPSA) is 49.9 Å². The molecule has 3 nitrogen and oxygen atoms in total. The minimum Gasteiger partial charge on any atom is -0.321 e. The molecule has 0 aliphatic heterocycles. The van der Waals surface area contributed by atoms with Crippen molar-refractivity contribution in [1.82, 2.24) is 4.98 Å². The Hall–Kier alpha value is -4.28. The Labute approximate surface area is 212 Å². The number of allylic oxidation sites excluding steroid dienone is 1. The summed E-state index contributed by atoms with van der Waals surface area (Å²) in [7, 11) is 0. The molecular formula is C31H21ClFNO2. The predicted molar refractivity (Wildman–Crippen MR) is 144 cm³/mol. The second kappa shape index (κ2) is 10.1. The summed E-state index contributed by atoms with van der Waals surface area (Å²) in [6.45, 7) is 0. The average molecular weight is 494 g/mol. The Bertz CT molecular complexity index is 1640. The molecular weight excluding hydrogens is 473 g/mol. The second-order valence-corrected chi connectivity index (χ2v) is 8.92. The number of carbonyl (C=O) groups excluding carboxylic acids is 1. The number of hydrogen-bond acceptors (Lipinski definition) is 2. The molecule has 0 unspecified atom stereocenters. The Kier molecular flexibility index (Phi) is 6.61. The summed E-state index contributed by atoms with van der Waals surface area (Å²) < 4.78 is 13.2. The van der Waals surface area contributed by atoms with E-state index in [9.17, 15) is 14.0 Å². The van der Waals surface area contributed by atoms with Crippen LogP contribution in [0.1, 0.15) is 27.0 Å². The smallest absolute Gasteiger partial charge is 0.259 e. The number of halogens is 2. The van der Waals surface area contributed by atoms with Crippen molar-refractivity contribution in [2.75, 3.05) is 0 Å². The Balaban J connectivity index is 1.49. The van der Waals surface area contributed by atoms with Gasteiger partial charge in [-0.15, -0.1) is 0 Å². The first-order valence-corrected chi connectivity index (χ1v) is 11.8. The van der Waals surface area contributed by atoms with Crippen molar-refractivity contribution in [3.63, 3.8) is 0 Å². The maximum Gasteiger partial charge on any atom is 0.259 e. The molecule has 36 heavy (non-hydrogen) atoms. The molecule has 1 N–H and O–H groups in total. The zero-order chi connectivity index (χ0) is 25.1. The number of benzene rings is 4. The maximum atomic E-state index is 13.3. The summed E-state index contributed by atoms with van der Waals surface area (Å²) >= 11 is 6.26. The highest BCUT2D eigenvalue weighted by Crippen LogP contribution is 2.26. The van der Waals surface area contributed by atoms with E-state index in [1.54, 1.807) is 36.4 Å². The monoisotopic (exact) mass is 493 g/mol. The first-order valence-electron chi connectivity index (χ1n) is 11.4. The molecule has 4 aromatic carbocycles. The molecule has 176 valence electrons. The SMILES string of the molecule is O=C(/C=C/c1ccc(-c2ccc(F)cc2)cc1)c1c(Cc2ccccc2)c2cc(Cl)ccc2[nH]c1=O. The molecule has 0 radical (unpaired) electrons. The standard InChI is InChI=1S/C31H21ClFNO2/c32-24-13-16-28-26(19-24)27(18-21-4-2-1-3-5-21)30(31(36)34-28)29(35)17-8-20-6-9-22(10-7-20)23-11-14-25(33)15-12-23/h1-17,19H,18H2,(H,34,36)/b17-8+. The fourth-order valence-electron chi connectivity index (χ4n) is 4.26. The van der Waals surface area contributed by atoms with E-state index in [1.807, 2.05) is 54.6 Å². The summed E-state index contributed by atoms with van der Waals surface area (Å²) in [5.41, 5.74) is 4.57. The third-order valence-corrected chi connectivity index (χ3v) is 6.30. The van der Waals surface area contributed by atoms with E-state index < -0.39 is 5.56 Å². The first-order chi connectivity index (χ1) is 17.5. The molecule has 0 amide bonds. The maximum absolute atomic E-state index is 13.3. The lowest BCUT2D eigenvalue weighted by Gasteiger charge is -2.12. The highest BCUT2D eigenvalue weighted by atomic mass is 35.5. The van der Waals surface area contributed by atoms with Crippen molar-refractivity contribution in [1.29, 1.82) is 0 Å². The fourth-order valence-corrected chi connectivity index (χ4v) is 4.43. The van der Waals surface area contributed by atoms with Gasteiger partial charge in [0, 0.05) is 15.9 Å². The van der Waals surface area contributed by atoms with Crippen molar-refractivity contribution in [3.05, 3.63) is 147 Å². The van der Waals surface area contributed by atoms with Crippen molar-refractivity contribution in [3.8, 4) is 11.1 Å². The van der Waals surface area contributed by atoms with Crippen LogP contribution >= 0.6 is 11.6 Å². The molecule has 0 aliphatic rings. The number of hydrogen-bond donors (Lipinski definition) is 1. The molecule has 0 saturated heterocycles. The molecule has 1 aromatic heterocycles. The van der Waals surface area contributed by atoms with Gasteiger partial charge in [0.25, 0.3) is 5.56 Å². The zero-order valence-corrected chi connectivity index (χ0v) is 19.9. The number of pyridine rings is 1.